The molecule has 0 fully saturated rings. The molecule has 0 aliphatic rings. The van der Waals surface area contributed by atoms with Crippen LogP contribution < -0.4 is 4.73 Å². The second-order valence-electron chi connectivity index (χ2n) is 8.77. The molecular weight excluding hydrogens is 410 g/mol. The first kappa shape index (κ1) is 21.1. The Morgan fingerprint density at radius 3 is 2.42 bits per heavy atom. The van der Waals surface area contributed by atoms with Crippen molar-refractivity contribution >= 4 is 20.7 Å². The van der Waals surface area contributed by atoms with Crippen molar-refractivity contribution in [2.24, 2.45) is 0 Å². The van der Waals surface area contributed by atoms with Crippen molar-refractivity contribution in [2.45, 2.75) is 43.8 Å². The summed E-state index contributed by atoms with van der Waals surface area (Å²) in [6.07, 6.45) is 1.44. The molecule has 7 heteroatoms. The highest BCUT2D eigenvalue weighted by atomic mass is 32.2. The molecule has 0 aliphatic heterocycles. The second kappa shape index (κ2) is 7.50. The van der Waals surface area contributed by atoms with Gasteiger partial charge in [-0.25, -0.2) is 13.1 Å². The maximum Gasteiger partial charge on any atom is 0.225 e. The fraction of sp³-hybridized carbons (Fsp3) is 0.250. The number of rotatable bonds is 4. The van der Waals surface area contributed by atoms with Gasteiger partial charge in [-0.3, -0.25) is 0 Å². The summed E-state index contributed by atoms with van der Waals surface area (Å²) in [5, 5.41) is 17.4. The molecule has 0 saturated heterocycles. The third kappa shape index (κ3) is 4.05. The number of nitrogens with zero attached hydrogens (tertiary/aromatic N) is 3. The van der Waals surface area contributed by atoms with Crippen molar-refractivity contribution in [3.05, 3.63) is 89.0 Å². The highest BCUT2D eigenvalue weighted by molar-refractivity contribution is 7.90. The number of aryl methyl sites for hydroxylation is 1. The Hall–Kier alpha value is -3.19. The number of benzene rings is 2. The van der Waals surface area contributed by atoms with E-state index >= 15 is 0 Å². The van der Waals surface area contributed by atoms with E-state index < -0.39 is 9.84 Å². The zero-order valence-corrected chi connectivity index (χ0v) is 18.8. The van der Waals surface area contributed by atoms with Crippen LogP contribution in [0.5, 0.6) is 0 Å². The van der Waals surface area contributed by atoms with Gasteiger partial charge in [0, 0.05) is 12.1 Å². The van der Waals surface area contributed by atoms with Crippen LogP contribution in [0.25, 0.3) is 16.6 Å². The fourth-order valence-electron chi connectivity index (χ4n) is 3.69. The van der Waals surface area contributed by atoms with E-state index in [1.165, 1.54) is 6.20 Å². The lowest BCUT2D eigenvalue weighted by molar-refractivity contribution is -0.577. The molecular formula is C24H25N3O3S. The summed E-state index contributed by atoms with van der Waals surface area (Å²) in [4.78, 5) is 0.279. The van der Waals surface area contributed by atoms with Gasteiger partial charge in [0.1, 0.15) is 0 Å². The molecule has 4 rings (SSSR count). The highest BCUT2D eigenvalue weighted by Gasteiger charge is 2.22. The SMILES string of the molecule is Cc1cc(CS(=O)(=O)c2ccc(C(C)(C)C)cc2)n(-c2cccc3c2ccc[n+]3[O-])n1. The maximum absolute atomic E-state index is 13.2. The minimum atomic E-state index is -3.58. The predicted molar refractivity (Wildman–Crippen MR) is 121 cm³/mol. The highest BCUT2D eigenvalue weighted by Crippen LogP contribution is 2.27. The first-order chi connectivity index (χ1) is 14.6. The van der Waals surface area contributed by atoms with Crippen LogP contribution in [-0.4, -0.2) is 18.2 Å². The minimum absolute atomic E-state index is 0.0508. The van der Waals surface area contributed by atoms with Gasteiger partial charge in [-0.05, 0) is 48.2 Å². The third-order valence-corrected chi connectivity index (χ3v) is 7.00. The number of hydrogen-bond acceptors (Lipinski definition) is 4. The first-order valence-electron chi connectivity index (χ1n) is 10.1. The molecule has 0 radical (unpaired) electrons. The molecule has 4 aromatic rings. The van der Waals surface area contributed by atoms with Gasteiger partial charge in [-0.1, -0.05) is 39.0 Å². The van der Waals surface area contributed by atoms with E-state index in [4.69, 9.17) is 0 Å². The van der Waals surface area contributed by atoms with Gasteiger partial charge in [0.2, 0.25) is 5.52 Å². The number of sulfone groups is 1. The number of pyridine rings is 1. The standard InChI is InChI=1S/C24H25N3O3S/c1-17-15-19(16-31(29,30)20-12-10-18(11-13-20)24(2,3)4)27(25-17)23-9-5-8-22-21(23)7-6-14-26(22)28/h5-15H,16H2,1-4H3. The molecule has 0 spiro atoms. The van der Waals surface area contributed by atoms with Crippen LogP contribution in [0.3, 0.4) is 0 Å². The van der Waals surface area contributed by atoms with E-state index in [1.807, 2.05) is 31.2 Å². The van der Waals surface area contributed by atoms with E-state index in [1.54, 1.807) is 41.1 Å². The Balaban J connectivity index is 1.76. The predicted octanol–water partition coefficient (Wildman–Crippen LogP) is 4.24. The summed E-state index contributed by atoms with van der Waals surface area (Å²) in [5.74, 6) is -0.191. The van der Waals surface area contributed by atoms with E-state index in [9.17, 15) is 13.6 Å². The van der Waals surface area contributed by atoms with Crippen LogP contribution >= 0.6 is 0 Å². The Morgan fingerprint density at radius 1 is 1.03 bits per heavy atom. The van der Waals surface area contributed by atoms with Gasteiger partial charge in [0.05, 0.1) is 33.1 Å². The van der Waals surface area contributed by atoms with E-state index in [0.717, 1.165) is 10.3 Å². The number of hydrogen-bond donors (Lipinski definition) is 0. The zero-order valence-electron chi connectivity index (χ0n) is 18.0. The summed E-state index contributed by atoms with van der Waals surface area (Å²) in [5.41, 5.74) is 3.45. The van der Waals surface area contributed by atoms with Crippen molar-refractivity contribution in [2.75, 3.05) is 0 Å². The molecule has 2 aromatic heterocycles. The molecule has 0 aliphatic carbocycles. The summed E-state index contributed by atoms with van der Waals surface area (Å²) in [6, 6.07) is 17.7. The van der Waals surface area contributed by atoms with Crippen molar-refractivity contribution in [3.63, 3.8) is 0 Å². The zero-order chi connectivity index (χ0) is 22.4. The van der Waals surface area contributed by atoms with Gasteiger partial charge < -0.3 is 5.21 Å². The van der Waals surface area contributed by atoms with Crippen molar-refractivity contribution < 1.29 is 13.1 Å². The van der Waals surface area contributed by atoms with Gasteiger partial charge in [-0.2, -0.15) is 9.83 Å². The lowest BCUT2D eigenvalue weighted by atomic mass is 9.87. The van der Waals surface area contributed by atoms with Crippen LogP contribution in [0.4, 0.5) is 0 Å². The average molecular weight is 436 g/mol. The van der Waals surface area contributed by atoms with Crippen molar-refractivity contribution in [1.29, 1.82) is 0 Å². The van der Waals surface area contributed by atoms with Crippen LogP contribution in [-0.2, 0) is 21.0 Å². The second-order valence-corrected chi connectivity index (χ2v) is 10.8. The number of fused-ring (bicyclic) bond motifs is 1. The molecule has 160 valence electrons. The van der Waals surface area contributed by atoms with Crippen molar-refractivity contribution in [3.8, 4) is 5.69 Å². The number of aromatic nitrogens is 3. The quantitative estimate of drug-likeness (QED) is 0.355. The molecule has 0 N–H and O–H groups in total. The van der Waals surface area contributed by atoms with Gasteiger partial charge >= 0.3 is 0 Å². The fourth-order valence-corrected chi connectivity index (χ4v) is 5.00. The Labute approximate surface area is 182 Å². The van der Waals surface area contributed by atoms with E-state index in [0.29, 0.717) is 28.0 Å². The van der Waals surface area contributed by atoms with Crippen LogP contribution in [0, 0.1) is 12.1 Å². The molecule has 31 heavy (non-hydrogen) atoms. The largest absolute Gasteiger partial charge is 0.618 e. The molecule has 2 heterocycles. The summed E-state index contributed by atoms with van der Waals surface area (Å²) in [6.45, 7) is 8.10. The Kier molecular flexibility index (Phi) is 5.09. The molecule has 0 amide bonds. The van der Waals surface area contributed by atoms with Gasteiger partial charge in [0.15, 0.2) is 16.0 Å². The Bertz CT molecular complexity index is 1370. The van der Waals surface area contributed by atoms with Crippen molar-refractivity contribution in [1.82, 2.24) is 9.78 Å². The average Bonchev–Trinajstić information content (AvgIpc) is 3.06. The lowest BCUT2D eigenvalue weighted by Crippen LogP contribution is -2.26. The molecule has 0 bridgehead atoms. The molecule has 0 atom stereocenters. The molecule has 2 aromatic carbocycles. The summed E-state index contributed by atoms with van der Waals surface area (Å²) >= 11 is 0. The third-order valence-electron chi connectivity index (χ3n) is 5.33. The normalized spacial score (nSPS) is 12.4. The van der Waals surface area contributed by atoms with E-state index in [2.05, 4.69) is 25.9 Å². The monoisotopic (exact) mass is 435 g/mol. The maximum atomic E-state index is 13.2. The van der Waals surface area contributed by atoms with Crippen LogP contribution in [0.2, 0.25) is 0 Å². The first-order valence-corrected chi connectivity index (χ1v) is 11.7. The van der Waals surface area contributed by atoms with Crippen LogP contribution in [0.1, 0.15) is 37.7 Å². The summed E-state index contributed by atoms with van der Waals surface area (Å²) in [7, 11) is -3.58. The minimum Gasteiger partial charge on any atom is -0.618 e. The van der Waals surface area contributed by atoms with Gasteiger partial charge in [0.25, 0.3) is 0 Å². The topological polar surface area (TPSA) is 78.9 Å². The summed E-state index contributed by atoms with van der Waals surface area (Å²) < 4.78 is 28.8. The van der Waals surface area contributed by atoms with E-state index in [-0.39, 0.29) is 16.1 Å². The van der Waals surface area contributed by atoms with Crippen LogP contribution in [0.15, 0.2) is 71.8 Å². The lowest BCUT2D eigenvalue weighted by Gasteiger charge is -2.19. The molecule has 0 unspecified atom stereocenters. The Morgan fingerprint density at radius 2 is 1.74 bits per heavy atom. The van der Waals surface area contributed by atoms with Gasteiger partial charge in [-0.15, -0.1) is 0 Å². The molecule has 0 saturated carbocycles. The molecule has 6 nitrogen and oxygen atoms in total. The smallest absolute Gasteiger partial charge is 0.225 e.